The summed E-state index contributed by atoms with van der Waals surface area (Å²) in [6.07, 6.45) is 8.55. The van der Waals surface area contributed by atoms with Crippen LogP contribution in [-0.2, 0) is 0 Å². The topological polar surface area (TPSA) is 29.9 Å². The first-order valence-electron chi connectivity index (χ1n) is 6.81. The van der Waals surface area contributed by atoms with Crippen LogP contribution >= 0.6 is 0 Å². The molecule has 3 nitrogen and oxygen atoms in total. The van der Waals surface area contributed by atoms with Crippen molar-refractivity contribution in [1.82, 2.24) is 9.55 Å². The Bertz CT molecular complexity index is 571. The summed E-state index contributed by atoms with van der Waals surface area (Å²) in [5.41, 5.74) is 1.49. The number of aromatic nitrogens is 2. The van der Waals surface area contributed by atoms with Crippen molar-refractivity contribution in [3.8, 4) is 5.69 Å². The number of halogens is 1. The zero-order valence-electron chi connectivity index (χ0n) is 11.1. The van der Waals surface area contributed by atoms with Crippen LogP contribution in [0.1, 0.15) is 31.2 Å². The molecule has 19 heavy (non-hydrogen) atoms. The van der Waals surface area contributed by atoms with Gasteiger partial charge in [0.15, 0.2) is 0 Å². The number of hydrogen-bond donors (Lipinski definition) is 1. The molecule has 1 fully saturated rings. The number of rotatable bonds is 3. The summed E-state index contributed by atoms with van der Waals surface area (Å²) in [5, 5.41) is 3.46. The summed E-state index contributed by atoms with van der Waals surface area (Å²) in [5.74, 6) is 0.624. The number of anilines is 1. The van der Waals surface area contributed by atoms with Crippen LogP contribution in [0.5, 0.6) is 0 Å². The first-order valence-corrected chi connectivity index (χ1v) is 6.81. The first-order chi connectivity index (χ1) is 9.25. The molecule has 1 aliphatic rings. The highest BCUT2D eigenvalue weighted by Gasteiger charge is 2.17. The molecular formula is C15H18FN3. The summed E-state index contributed by atoms with van der Waals surface area (Å²) < 4.78 is 15.6. The van der Waals surface area contributed by atoms with Crippen LogP contribution in [0.2, 0.25) is 0 Å². The van der Waals surface area contributed by atoms with Gasteiger partial charge in [-0.3, -0.25) is 4.57 Å². The van der Waals surface area contributed by atoms with Gasteiger partial charge in [-0.05, 0) is 31.9 Å². The predicted molar refractivity (Wildman–Crippen MR) is 74.1 cm³/mol. The maximum atomic E-state index is 13.7. The molecule has 100 valence electrons. The van der Waals surface area contributed by atoms with Gasteiger partial charge in [0.1, 0.15) is 5.82 Å². The molecule has 0 radical (unpaired) electrons. The fourth-order valence-electron chi connectivity index (χ4n) is 2.71. The third-order valence-electron chi connectivity index (χ3n) is 3.83. The number of imidazole rings is 1. The zero-order chi connectivity index (χ0) is 13.2. The van der Waals surface area contributed by atoms with E-state index in [1.54, 1.807) is 19.2 Å². The monoisotopic (exact) mass is 259 g/mol. The van der Waals surface area contributed by atoms with Gasteiger partial charge < -0.3 is 5.32 Å². The van der Waals surface area contributed by atoms with Gasteiger partial charge in [-0.25, -0.2) is 9.37 Å². The average Bonchev–Trinajstić information content (AvgIpc) is 3.05. The largest absolute Gasteiger partial charge is 0.353 e. The molecule has 0 atom stereocenters. The molecule has 0 saturated heterocycles. The minimum atomic E-state index is -0.182. The third-order valence-corrected chi connectivity index (χ3v) is 3.83. The maximum Gasteiger partial charge on any atom is 0.207 e. The van der Waals surface area contributed by atoms with Gasteiger partial charge in [-0.15, -0.1) is 0 Å². The van der Waals surface area contributed by atoms with E-state index in [0.29, 0.717) is 11.6 Å². The summed E-state index contributed by atoms with van der Waals surface area (Å²) >= 11 is 0. The zero-order valence-corrected chi connectivity index (χ0v) is 11.1. The molecule has 1 heterocycles. The van der Waals surface area contributed by atoms with Crippen LogP contribution in [0.15, 0.2) is 30.6 Å². The molecule has 0 spiro atoms. The molecule has 0 aliphatic heterocycles. The summed E-state index contributed by atoms with van der Waals surface area (Å²) in [4.78, 5) is 4.36. The lowest BCUT2D eigenvalue weighted by molar-refractivity contribution is 0.617. The van der Waals surface area contributed by atoms with Gasteiger partial charge in [0, 0.05) is 24.0 Å². The van der Waals surface area contributed by atoms with E-state index < -0.39 is 0 Å². The second-order valence-corrected chi connectivity index (χ2v) is 5.13. The van der Waals surface area contributed by atoms with Crippen LogP contribution in [0.25, 0.3) is 5.69 Å². The van der Waals surface area contributed by atoms with Crippen molar-refractivity contribution in [2.75, 3.05) is 5.32 Å². The Kier molecular flexibility index (Phi) is 3.23. The second-order valence-electron chi connectivity index (χ2n) is 5.13. The molecule has 3 rings (SSSR count). The van der Waals surface area contributed by atoms with Crippen LogP contribution < -0.4 is 5.32 Å². The van der Waals surface area contributed by atoms with Crippen molar-refractivity contribution < 1.29 is 4.39 Å². The van der Waals surface area contributed by atoms with Crippen molar-refractivity contribution in [3.63, 3.8) is 0 Å². The SMILES string of the molecule is Cc1c(F)cccc1-n1ccnc1NC1CCCC1. The lowest BCUT2D eigenvalue weighted by Gasteiger charge is -2.16. The lowest BCUT2D eigenvalue weighted by atomic mass is 10.2. The Morgan fingerprint density at radius 1 is 1.32 bits per heavy atom. The van der Waals surface area contributed by atoms with Crippen LogP contribution in [0.4, 0.5) is 10.3 Å². The normalized spacial score (nSPS) is 15.9. The molecule has 4 heteroatoms. The fourth-order valence-corrected chi connectivity index (χ4v) is 2.71. The Morgan fingerprint density at radius 2 is 2.11 bits per heavy atom. The first kappa shape index (κ1) is 12.2. The van der Waals surface area contributed by atoms with Crippen molar-refractivity contribution in [2.45, 2.75) is 38.6 Å². The quantitative estimate of drug-likeness (QED) is 0.911. The van der Waals surface area contributed by atoms with Crippen LogP contribution in [0, 0.1) is 12.7 Å². The van der Waals surface area contributed by atoms with Crippen molar-refractivity contribution in [1.29, 1.82) is 0 Å². The smallest absolute Gasteiger partial charge is 0.207 e. The Labute approximate surface area is 112 Å². The van der Waals surface area contributed by atoms with Gasteiger partial charge in [-0.1, -0.05) is 18.9 Å². The summed E-state index contributed by atoms with van der Waals surface area (Å²) in [6, 6.07) is 5.63. The van der Waals surface area contributed by atoms with Crippen molar-refractivity contribution in [2.24, 2.45) is 0 Å². The van der Waals surface area contributed by atoms with E-state index in [0.717, 1.165) is 11.6 Å². The van der Waals surface area contributed by atoms with E-state index in [1.807, 2.05) is 16.8 Å². The Hall–Kier alpha value is -1.84. The molecule has 2 aromatic rings. The minimum Gasteiger partial charge on any atom is -0.353 e. The lowest BCUT2D eigenvalue weighted by Crippen LogP contribution is -2.18. The van der Waals surface area contributed by atoms with Gasteiger partial charge >= 0.3 is 0 Å². The number of nitrogens with one attached hydrogen (secondary N) is 1. The molecular weight excluding hydrogens is 241 g/mol. The molecule has 0 bridgehead atoms. The molecule has 1 N–H and O–H groups in total. The number of nitrogens with zero attached hydrogens (tertiary/aromatic N) is 2. The maximum absolute atomic E-state index is 13.7. The summed E-state index contributed by atoms with van der Waals surface area (Å²) in [6.45, 7) is 1.80. The van der Waals surface area contributed by atoms with Crippen LogP contribution in [0.3, 0.4) is 0 Å². The van der Waals surface area contributed by atoms with E-state index >= 15 is 0 Å². The van der Waals surface area contributed by atoms with Crippen molar-refractivity contribution >= 4 is 5.95 Å². The molecule has 0 unspecified atom stereocenters. The Morgan fingerprint density at radius 3 is 2.89 bits per heavy atom. The molecule has 0 amide bonds. The van der Waals surface area contributed by atoms with Crippen molar-refractivity contribution in [3.05, 3.63) is 42.0 Å². The highest BCUT2D eigenvalue weighted by molar-refractivity contribution is 5.47. The standard InChI is InChI=1S/C15H18FN3/c1-11-13(16)7-4-8-14(11)19-10-9-17-15(19)18-12-5-2-3-6-12/h4,7-10,12H,2-3,5-6H2,1H3,(H,17,18). The fraction of sp³-hybridized carbons (Fsp3) is 0.400. The minimum absolute atomic E-state index is 0.182. The van der Waals surface area contributed by atoms with E-state index in [2.05, 4.69) is 10.3 Å². The number of hydrogen-bond acceptors (Lipinski definition) is 2. The van der Waals surface area contributed by atoms with E-state index in [1.165, 1.54) is 31.7 Å². The van der Waals surface area contributed by atoms with Gasteiger partial charge in [0.25, 0.3) is 0 Å². The molecule has 1 aliphatic carbocycles. The average molecular weight is 259 g/mol. The van der Waals surface area contributed by atoms with E-state index in [4.69, 9.17) is 0 Å². The van der Waals surface area contributed by atoms with E-state index in [9.17, 15) is 4.39 Å². The molecule has 1 aromatic carbocycles. The highest BCUT2D eigenvalue weighted by Crippen LogP contribution is 2.24. The second kappa shape index (κ2) is 5.03. The van der Waals surface area contributed by atoms with Crippen LogP contribution in [-0.4, -0.2) is 15.6 Å². The highest BCUT2D eigenvalue weighted by atomic mass is 19.1. The number of benzene rings is 1. The molecule has 1 saturated carbocycles. The van der Waals surface area contributed by atoms with E-state index in [-0.39, 0.29) is 5.82 Å². The van der Waals surface area contributed by atoms with Gasteiger partial charge in [-0.2, -0.15) is 0 Å². The van der Waals surface area contributed by atoms with Gasteiger partial charge in [0.2, 0.25) is 5.95 Å². The molecule has 1 aromatic heterocycles. The third kappa shape index (κ3) is 2.35. The predicted octanol–water partition coefficient (Wildman–Crippen LogP) is 3.67. The van der Waals surface area contributed by atoms with Gasteiger partial charge in [0.05, 0.1) is 5.69 Å². The summed E-state index contributed by atoms with van der Waals surface area (Å²) in [7, 11) is 0. The Balaban J connectivity index is 1.92.